The van der Waals surface area contributed by atoms with Crippen molar-refractivity contribution >= 4 is 17.7 Å². The van der Waals surface area contributed by atoms with Gasteiger partial charge in [0.05, 0.1) is 0 Å². The number of H-pyrrole nitrogens is 1. The van der Waals surface area contributed by atoms with Crippen LogP contribution in [0.2, 0.25) is 0 Å². The first-order valence-corrected chi connectivity index (χ1v) is 7.22. The first-order chi connectivity index (χ1) is 11.0. The van der Waals surface area contributed by atoms with Crippen molar-refractivity contribution in [1.29, 1.82) is 0 Å². The Bertz CT molecular complexity index is 711. The Hall–Kier alpha value is -2.90. The van der Waals surface area contributed by atoms with Gasteiger partial charge in [0.25, 0.3) is 0 Å². The standard InChI is InChI=1S/C15H19N5O3/c1-9-5-6-11(14-17-10(2)19-20-14)8-12(9)18-15(23)16-7-3-4-13(21)22/h5-6,8H,3-4,7H2,1-2H3,(H,21,22)(H2,16,18,23)(H,17,19,20). The Balaban J connectivity index is 1.99. The van der Waals surface area contributed by atoms with E-state index in [0.29, 0.717) is 30.3 Å². The number of aromatic nitrogens is 3. The van der Waals surface area contributed by atoms with Crippen molar-refractivity contribution in [1.82, 2.24) is 20.5 Å². The van der Waals surface area contributed by atoms with Crippen molar-refractivity contribution < 1.29 is 14.7 Å². The number of carboxylic acids is 1. The van der Waals surface area contributed by atoms with Gasteiger partial charge in [-0.1, -0.05) is 12.1 Å². The Morgan fingerprint density at radius 3 is 2.74 bits per heavy atom. The summed E-state index contributed by atoms with van der Waals surface area (Å²) < 4.78 is 0. The number of anilines is 1. The molecule has 0 radical (unpaired) electrons. The number of benzene rings is 1. The number of carbonyl (C=O) groups excluding carboxylic acids is 1. The maximum Gasteiger partial charge on any atom is 0.319 e. The molecule has 4 N–H and O–H groups in total. The number of carboxylic acid groups (broad SMARTS) is 1. The summed E-state index contributed by atoms with van der Waals surface area (Å²) in [5.74, 6) is 0.399. The van der Waals surface area contributed by atoms with Crippen LogP contribution in [0.25, 0.3) is 11.4 Å². The van der Waals surface area contributed by atoms with Gasteiger partial charge in [-0.15, -0.1) is 0 Å². The van der Waals surface area contributed by atoms with E-state index < -0.39 is 5.97 Å². The lowest BCUT2D eigenvalue weighted by Crippen LogP contribution is -2.30. The monoisotopic (exact) mass is 317 g/mol. The molecule has 8 nitrogen and oxygen atoms in total. The molecule has 2 rings (SSSR count). The van der Waals surface area contributed by atoms with Crippen LogP contribution >= 0.6 is 0 Å². The van der Waals surface area contributed by atoms with E-state index in [-0.39, 0.29) is 12.5 Å². The second kappa shape index (κ2) is 7.39. The van der Waals surface area contributed by atoms with E-state index in [1.165, 1.54) is 0 Å². The minimum atomic E-state index is -0.877. The lowest BCUT2D eigenvalue weighted by atomic mass is 10.1. The summed E-state index contributed by atoms with van der Waals surface area (Å²) in [5, 5.41) is 20.8. The molecule has 8 heteroatoms. The highest BCUT2D eigenvalue weighted by Crippen LogP contribution is 2.22. The highest BCUT2D eigenvalue weighted by Gasteiger charge is 2.09. The number of nitrogens with one attached hydrogen (secondary N) is 3. The molecule has 0 spiro atoms. The molecule has 0 saturated heterocycles. The number of aromatic amines is 1. The Kier molecular flexibility index (Phi) is 5.29. The molecule has 1 heterocycles. The molecule has 0 bridgehead atoms. The molecular formula is C15H19N5O3. The molecule has 0 aliphatic heterocycles. The van der Waals surface area contributed by atoms with Gasteiger partial charge in [0.2, 0.25) is 0 Å². The maximum absolute atomic E-state index is 11.9. The van der Waals surface area contributed by atoms with Crippen LogP contribution in [-0.2, 0) is 4.79 Å². The Morgan fingerprint density at radius 2 is 2.09 bits per heavy atom. The van der Waals surface area contributed by atoms with Crippen LogP contribution in [0.3, 0.4) is 0 Å². The van der Waals surface area contributed by atoms with Gasteiger partial charge in [-0.3, -0.25) is 9.89 Å². The van der Waals surface area contributed by atoms with E-state index in [1.807, 2.05) is 26.0 Å². The summed E-state index contributed by atoms with van der Waals surface area (Å²) in [6.45, 7) is 4.00. The summed E-state index contributed by atoms with van der Waals surface area (Å²) in [6.07, 6.45) is 0.414. The molecule has 2 amide bonds. The van der Waals surface area contributed by atoms with Crippen molar-refractivity contribution in [3.63, 3.8) is 0 Å². The van der Waals surface area contributed by atoms with Gasteiger partial charge in [-0.25, -0.2) is 9.78 Å². The predicted molar refractivity (Wildman–Crippen MR) is 85.2 cm³/mol. The molecule has 0 aliphatic carbocycles. The van der Waals surface area contributed by atoms with Crippen LogP contribution in [0, 0.1) is 13.8 Å². The largest absolute Gasteiger partial charge is 0.481 e. The van der Waals surface area contributed by atoms with Gasteiger partial charge in [0.1, 0.15) is 5.82 Å². The lowest BCUT2D eigenvalue weighted by molar-refractivity contribution is -0.137. The van der Waals surface area contributed by atoms with Gasteiger partial charge in [-0.2, -0.15) is 5.10 Å². The van der Waals surface area contributed by atoms with Gasteiger partial charge in [0, 0.05) is 24.2 Å². The number of amides is 2. The second-order valence-electron chi connectivity index (χ2n) is 5.15. The number of urea groups is 1. The quantitative estimate of drug-likeness (QED) is 0.608. The maximum atomic E-state index is 11.9. The van der Waals surface area contributed by atoms with Crippen LogP contribution in [-0.4, -0.2) is 38.8 Å². The van der Waals surface area contributed by atoms with Crippen LogP contribution in [0.15, 0.2) is 18.2 Å². The van der Waals surface area contributed by atoms with E-state index >= 15 is 0 Å². The minimum Gasteiger partial charge on any atom is -0.481 e. The van der Waals surface area contributed by atoms with Crippen molar-refractivity contribution in [2.75, 3.05) is 11.9 Å². The van der Waals surface area contributed by atoms with Gasteiger partial charge in [-0.05, 0) is 31.9 Å². The van der Waals surface area contributed by atoms with E-state index in [9.17, 15) is 9.59 Å². The third-order valence-electron chi connectivity index (χ3n) is 3.19. The molecular weight excluding hydrogens is 298 g/mol. The Morgan fingerprint density at radius 1 is 1.30 bits per heavy atom. The number of nitrogens with zero attached hydrogens (tertiary/aromatic N) is 2. The first-order valence-electron chi connectivity index (χ1n) is 7.22. The number of rotatable bonds is 6. The second-order valence-corrected chi connectivity index (χ2v) is 5.15. The van der Waals surface area contributed by atoms with Crippen LogP contribution < -0.4 is 10.6 Å². The van der Waals surface area contributed by atoms with Crippen molar-refractivity contribution in [2.24, 2.45) is 0 Å². The van der Waals surface area contributed by atoms with Crippen molar-refractivity contribution in [2.45, 2.75) is 26.7 Å². The predicted octanol–water partition coefficient (Wildman–Crippen LogP) is 2.07. The average molecular weight is 317 g/mol. The topological polar surface area (TPSA) is 120 Å². The zero-order valence-corrected chi connectivity index (χ0v) is 13.0. The zero-order valence-electron chi connectivity index (χ0n) is 13.0. The molecule has 0 saturated carbocycles. The van der Waals surface area contributed by atoms with E-state index in [4.69, 9.17) is 5.11 Å². The lowest BCUT2D eigenvalue weighted by Gasteiger charge is -2.10. The fourth-order valence-electron chi connectivity index (χ4n) is 1.98. The number of carbonyl (C=O) groups is 2. The molecule has 1 aromatic carbocycles. The summed E-state index contributed by atoms with van der Waals surface area (Å²) in [7, 11) is 0. The third kappa shape index (κ3) is 4.80. The molecule has 0 fully saturated rings. The number of hydrogen-bond acceptors (Lipinski definition) is 4. The summed E-state index contributed by atoms with van der Waals surface area (Å²) in [4.78, 5) is 26.5. The SMILES string of the molecule is Cc1nc(-c2ccc(C)c(NC(=O)NCCCC(=O)O)c2)n[nH]1. The van der Waals surface area contributed by atoms with Gasteiger partial charge in [0.15, 0.2) is 5.82 Å². The summed E-state index contributed by atoms with van der Waals surface area (Å²) in [5.41, 5.74) is 2.35. The first kappa shape index (κ1) is 16.5. The molecule has 122 valence electrons. The summed E-state index contributed by atoms with van der Waals surface area (Å²) >= 11 is 0. The van der Waals surface area contributed by atoms with Gasteiger partial charge < -0.3 is 15.7 Å². The minimum absolute atomic E-state index is 0.0268. The molecule has 23 heavy (non-hydrogen) atoms. The number of hydrogen-bond donors (Lipinski definition) is 4. The third-order valence-corrected chi connectivity index (χ3v) is 3.19. The highest BCUT2D eigenvalue weighted by molar-refractivity contribution is 5.90. The zero-order chi connectivity index (χ0) is 16.8. The van der Waals surface area contributed by atoms with E-state index in [2.05, 4.69) is 25.8 Å². The van der Waals surface area contributed by atoms with Gasteiger partial charge >= 0.3 is 12.0 Å². The van der Waals surface area contributed by atoms with E-state index in [0.717, 1.165) is 11.1 Å². The van der Waals surface area contributed by atoms with Crippen LogP contribution in [0.5, 0.6) is 0 Å². The Labute approximate surface area is 133 Å². The highest BCUT2D eigenvalue weighted by atomic mass is 16.4. The molecule has 0 atom stereocenters. The number of aliphatic carboxylic acids is 1. The fourth-order valence-corrected chi connectivity index (χ4v) is 1.98. The molecule has 0 aliphatic rings. The van der Waals surface area contributed by atoms with Crippen LogP contribution in [0.4, 0.5) is 10.5 Å². The smallest absolute Gasteiger partial charge is 0.319 e. The van der Waals surface area contributed by atoms with E-state index in [1.54, 1.807) is 6.07 Å². The fraction of sp³-hybridized carbons (Fsp3) is 0.333. The normalized spacial score (nSPS) is 10.3. The molecule has 0 unspecified atom stereocenters. The van der Waals surface area contributed by atoms with Crippen molar-refractivity contribution in [3.8, 4) is 11.4 Å². The number of aryl methyl sites for hydroxylation is 2. The molecule has 2 aromatic rings. The molecule has 1 aromatic heterocycles. The average Bonchev–Trinajstić information content (AvgIpc) is 2.92. The summed E-state index contributed by atoms with van der Waals surface area (Å²) in [6, 6.07) is 5.19. The van der Waals surface area contributed by atoms with Crippen molar-refractivity contribution in [3.05, 3.63) is 29.6 Å². The van der Waals surface area contributed by atoms with Crippen LogP contribution in [0.1, 0.15) is 24.2 Å².